The van der Waals surface area contributed by atoms with Gasteiger partial charge < -0.3 is 14.4 Å². The maximum absolute atomic E-state index is 9.49. The molecule has 0 aliphatic carbocycles. The van der Waals surface area contributed by atoms with E-state index in [1.54, 1.807) is 31.4 Å². The van der Waals surface area contributed by atoms with Crippen molar-refractivity contribution in [2.45, 2.75) is 6.92 Å². The minimum Gasteiger partial charge on any atom is -0.508 e. The Morgan fingerprint density at radius 1 is 1.10 bits per heavy atom. The second kappa shape index (κ2) is 5.28. The van der Waals surface area contributed by atoms with Gasteiger partial charge in [0.15, 0.2) is 0 Å². The molecule has 106 valence electrons. The first kappa shape index (κ1) is 13.2. The number of hydrogen-bond donors (Lipinski definition) is 1. The average molecular weight is 282 g/mol. The van der Waals surface area contributed by atoms with Crippen molar-refractivity contribution in [1.82, 2.24) is 10.1 Å². The lowest BCUT2D eigenvalue weighted by Crippen LogP contribution is -1.88. The summed E-state index contributed by atoms with van der Waals surface area (Å²) in [6.45, 7) is 1.96. The number of aromatic hydroxyl groups is 1. The van der Waals surface area contributed by atoms with Gasteiger partial charge in [-0.1, -0.05) is 11.2 Å². The lowest BCUT2D eigenvalue weighted by atomic mass is 10.1. The number of phenols is 1. The first-order chi connectivity index (χ1) is 10.2. The fourth-order valence-electron chi connectivity index (χ4n) is 2.11. The molecule has 21 heavy (non-hydrogen) atoms. The predicted molar refractivity (Wildman–Crippen MR) is 78.1 cm³/mol. The van der Waals surface area contributed by atoms with Crippen LogP contribution in [-0.4, -0.2) is 22.4 Å². The molecular formula is C16H14N2O3. The third-order valence-corrected chi connectivity index (χ3v) is 3.17. The van der Waals surface area contributed by atoms with E-state index in [1.807, 2.05) is 25.1 Å². The molecule has 0 fully saturated rings. The van der Waals surface area contributed by atoms with Crippen molar-refractivity contribution in [3.63, 3.8) is 0 Å². The first-order valence-electron chi connectivity index (χ1n) is 6.45. The third kappa shape index (κ3) is 2.58. The highest BCUT2D eigenvalue weighted by Crippen LogP contribution is 2.27. The van der Waals surface area contributed by atoms with Gasteiger partial charge in [0.1, 0.15) is 11.5 Å². The Morgan fingerprint density at radius 3 is 2.67 bits per heavy atom. The average Bonchev–Trinajstić information content (AvgIpc) is 2.97. The van der Waals surface area contributed by atoms with Crippen LogP contribution in [0.15, 0.2) is 47.0 Å². The van der Waals surface area contributed by atoms with Crippen LogP contribution in [0.3, 0.4) is 0 Å². The smallest absolute Gasteiger partial charge is 0.258 e. The molecule has 1 N–H and O–H groups in total. The summed E-state index contributed by atoms with van der Waals surface area (Å²) in [5.74, 6) is 1.84. The van der Waals surface area contributed by atoms with Crippen LogP contribution in [0.1, 0.15) is 5.56 Å². The van der Waals surface area contributed by atoms with Crippen molar-refractivity contribution in [2.75, 3.05) is 7.11 Å². The standard InChI is InChI=1S/C16H14N2O3/c1-10-8-11(6-7-14(10)20-2)15-17-16(21-18-15)12-4-3-5-13(19)9-12/h3-9,19H,1-2H3. The maximum Gasteiger partial charge on any atom is 0.258 e. The fraction of sp³-hybridized carbons (Fsp3) is 0.125. The van der Waals surface area contributed by atoms with Gasteiger partial charge in [0, 0.05) is 11.1 Å². The van der Waals surface area contributed by atoms with Gasteiger partial charge in [-0.25, -0.2) is 0 Å². The van der Waals surface area contributed by atoms with E-state index < -0.39 is 0 Å². The van der Waals surface area contributed by atoms with E-state index >= 15 is 0 Å². The topological polar surface area (TPSA) is 68.4 Å². The molecule has 0 aliphatic heterocycles. The summed E-state index contributed by atoms with van der Waals surface area (Å²) >= 11 is 0. The van der Waals surface area contributed by atoms with E-state index in [2.05, 4.69) is 10.1 Å². The maximum atomic E-state index is 9.49. The van der Waals surface area contributed by atoms with Crippen LogP contribution in [0.25, 0.3) is 22.8 Å². The molecule has 2 aromatic carbocycles. The van der Waals surface area contributed by atoms with Crippen LogP contribution >= 0.6 is 0 Å². The van der Waals surface area contributed by atoms with Crippen LogP contribution in [0.4, 0.5) is 0 Å². The number of rotatable bonds is 3. The fourth-order valence-corrected chi connectivity index (χ4v) is 2.11. The number of benzene rings is 2. The van der Waals surface area contributed by atoms with Crippen molar-refractivity contribution in [3.8, 4) is 34.3 Å². The molecule has 0 amide bonds. The number of nitrogens with zero attached hydrogens (tertiary/aromatic N) is 2. The van der Waals surface area contributed by atoms with E-state index in [0.29, 0.717) is 17.3 Å². The molecule has 3 aromatic rings. The molecule has 0 radical (unpaired) electrons. The van der Waals surface area contributed by atoms with E-state index in [9.17, 15) is 5.11 Å². The molecular weight excluding hydrogens is 268 g/mol. The summed E-state index contributed by atoms with van der Waals surface area (Å²) < 4.78 is 10.5. The Balaban J connectivity index is 1.96. The van der Waals surface area contributed by atoms with Gasteiger partial charge in [-0.2, -0.15) is 4.98 Å². The Kier molecular flexibility index (Phi) is 3.31. The zero-order chi connectivity index (χ0) is 14.8. The van der Waals surface area contributed by atoms with Crippen LogP contribution in [0.5, 0.6) is 11.5 Å². The quantitative estimate of drug-likeness (QED) is 0.797. The molecule has 0 aliphatic rings. The van der Waals surface area contributed by atoms with Gasteiger partial charge in [-0.05, 0) is 48.9 Å². The highest BCUT2D eigenvalue weighted by Gasteiger charge is 2.12. The molecule has 1 heterocycles. The largest absolute Gasteiger partial charge is 0.508 e. The van der Waals surface area contributed by atoms with Gasteiger partial charge in [0.05, 0.1) is 7.11 Å². The molecule has 0 bridgehead atoms. The van der Waals surface area contributed by atoms with E-state index in [1.165, 1.54) is 0 Å². The minimum atomic E-state index is 0.160. The Morgan fingerprint density at radius 2 is 1.95 bits per heavy atom. The number of hydrogen-bond acceptors (Lipinski definition) is 5. The molecule has 0 unspecified atom stereocenters. The van der Waals surface area contributed by atoms with Crippen molar-refractivity contribution in [1.29, 1.82) is 0 Å². The van der Waals surface area contributed by atoms with Gasteiger partial charge in [-0.3, -0.25) is 0 Å². The summed E-state index contributed by atoms with van der Waals surface area (Å²) in [6.07, 6.45) is 0. The second-order valence-corrected chi connectivity index (χ2v) is 4.66. The number of ether oxygens (including phenoxy) is 1. The van der Waals surface area contributed by atoms with E-state index in [0.717, 1.165) is 16.9 Å². The Labute approximate surface area is 121 Å². The number of aryl methyl sites for hydroxylation is 1. The van der Waals surface area contributed by atoms with Gasteiger partial charge in [0.25, 0.3) is 5.89 Å². The number of aromatic nitrogens is 2. The number of methoxy groups -OCH3 is 1. The van der Waals surface area contributed by atoms with E-state index in [4.69, 9.17) is 9.26 Å². The highest BCUT2D eigenvalue weighted by molar-refractivity contribution is 5.62. The van der Waals surface area contributed by atoms with Gasteiger partial charge in [0.2, 0.25) is 5.82 Å². The van der Waals surface area contributed by atoms with Crippen molar-refractivity contribution >= 4 is 0 Å². The summed E-state index contributed by atoms with van der Waals surface area (Å²) in [6, 6.07) is 12.4. The van der Waals surface area contributed by atoms with Crippen molar-refractivity contribution in [2.24, 2.45) is 0 Å². The highest BCUT2D eigenvalue weighted by atomic mass is 16.5. The monoisotopic (exact) mass is 282 g/mol. The van der Waals surface area contributed by atoms with Crippen LogP contribution in [-0.2, 0) is 0 Å². The van der Waals surface area contributed by atoms with Crippen LogP contribution < -0.4 is 4.74 Å². The lowest BCUT2D eigenvalue weighted by molar-refractivity contribution is 0.411. The molecule has 0 spiro atoms. The third-order valence-electron chi connectivity index (χ3n) is 3.17. The molecule has 5 heteroatoms. The van der Waals surface area contributed by atoms with E-state index in [-0.39, 0.29) is 5.75 Å². The molecule has 1 aromatic heterocycles. The zero-order valence-corrected chi connectivity index (χ0v) is 11.7. The second-order valence-electron chi connectivity index (χ2n) is 4.66. The van der Waals surface area contributed by atoms with Gasteiger partial charge in [-0.15, -0.1) is 0 Å². The van der Waals surface area contributed by atoms with Gasteiger partial charge >= 0.3 is 0 Å². The molecule has 5 nitrogen and oxygen atoms in total. The number of phenolic OH excluding ortho intramolecular Hbond substituents is 1. The Bertz CT molecular complexity index is 781. The van der Waals surface area contributed by atoms with Crippen molar-refractivity contribution in [3.05, 3.63) is 48.0 Å². The lowest BCUT2D eigenvalue weighted by Gasteiger charge is -2.04. The van der Waals surface area contributed by atoms with Crippen molar-refractivity contribution < 1.29 is 14.4 Å². The zero-order valence-electron chi connectivity index (χ0n) is 11.7. The Hall–Kier alpha value is -2.82. The summed E-state index contributed by atoms with van der Waals surface area (Å²) in [5.41, 5.74) is 2.53. The summed E-state index contributed by atoms with van der Waals surface area (Å²) in [5, 5.41) is 13.5. The molecule has 3 rings (SSSR count). The van der Waals surface area contributed by atoms with Crippen LogP contribution in [0, 0.1) is 6.92 Å². The minimum absolute atomic E-state index is 0.160. The SMILES string of the molecule is COc1ccc(-c2noc(-c3cccc(O)c3)n2)cc1C. The normalized spacial score (nSPS) is 10.6. The predicted octanol–water partition coefficient (Wildman–Crippen LogP) is 3.43. The molecule has 0 saturated heterocycles. The summed E-state index contributed by atoms with van der Waals surface area (Å²) in [7, 11) is 1.64. The van der Waals surface area contributed by atoms with Crippen LogP contribution in [0.2, 0.25) is 0 Å². The molecule has 0 atom stereocenters. The first-order valence-corrected chi connectivity index (χ1v) is 6.45. The summed E-state index contributed by atoms with van der Waals surface area (Å²) in [4.78, 5) is 4.36. The molecule has 0 saturated carbocycles.